The van der Waals surface area contributed by atoms with Gasteiger partial charge in [-0.05, 0) is 29.9 Å². The molecule has 1 aromatic carbocycles. The molecule has 4 N–H and O–H groups in total. The topological polar surface area (TPSA) is 74.1 Å². The Bertz CT molecular complexity index is 398. The van der Waals surface area contributed by atoms with Crippen molar-refractivity contribution >= 4 is 23.2 Å². The Morgan fingerprint density at radius 3 is 2.22 bits per heavy atom. The van der Waals surface area contributed by atoms with E-state index in [4.69, 9.17) is 22.4 Å². The Morgan fingerprint density at radius 2 is 1.83 bits per heavy atom. The van der Waals surface area contributed by atoms with Gasteiger partial charge in [0.2, 0.25) is 0 Å². The van der Waals surface area contributed by atoms with Gasteiger partial charge in [0.05, 0.1) is 0 Å². The number of hydrogen-bond acceptors (Lipinski definition) is 3. The molecule has 1 rings (SSSR count). The van der Waals surface area contributed by atoms with E-state index in [0.29, 0.717) is 11.4 Å². The van der Waals surface area contributed by atoms with Gasteiger partial charge < -0.3 is 58.2 Å². The van der Waals surface area contributed by atoms with E-state index in [2.05, 4.69) is 0 Å². The highest BCUT2D eigenvalue weighted by molar-refractivity contribution is 7.79. The highest BCUT2D eigenvalue weighted by Gasteiger charge is 2.22. The molecular formula is C11H14I2NO3S-. The lowest BCUT2D eigenvalue weighted by Gasteiger charge is -2.09. The summed E-state index contributed by atoms with van der Waals surface area (Å²) >= 11 is 4.87. The Kier molecular flexibility index (Phi) is 11.1. The number of quaternary nitrogens is 1. The first-order valence-corrected chi connectivity index (χ1v) is 5.26. The minimum atomic E-state index is -0.891. The summed E-state index contributed by atoms with van der Waals surface area (Å²) in [5, 5.41) is 19.7. The number of carboxylic acid groups (broad SMARTS) is 1. The van der Waals surface area contributed by atoms with Crippen LogP contribution in [0.15, 0.2) is 24.3 Å². The first kappa shape index (κ1) is 20.3. The molecule has 0 amide bonds. The van der Waals surface area contributed by atoms with Crippen LogP contribution in [0, 0.1) is 0 Å². The molecule has 0 aliphatic carbocycles. The molecule has 18 heavy (non-hydrogen) atoms. The van der Waals surface area contributed by atoms with Crippen LogP contribution in [-0.2, 0) is 11.2 Å². The highest BCUT2D eigenvalue weighted by atomic mass is 127. The number of benzene rings is 1. The summed E-state index contributed by atoms with van der Waals surface area (Å²) < 4.78 is 0. The molecule has 0 bridgehead atoms. The second kappa shape index (κ2) is 9.87. The summed E-state index contributed by atoms with van der Waals surface area (Å²) in [6.45, 7) is 1.70. The number of rotatable bonds is 4. The largest absolute Gasteiger partial charge is 1.00 e. The van der Waals surface area contributed by atoms with Crippen molar-refractivity contribution in [2.75, 3.05) is 0 Å². The fourth-order valence-corrected chi connectivity index (χ4v) is 1.55. The molecule has 0 unspecified atom stereocenters. The van der Waals surface area contributed by atoms with Crippen LogP contribution < -0.4 is 53.3 Å². The Morgan fingerprint density at radius 1 is 1.33 bits per heavy atom. The molecular weight excluding hydrogens is 480 g/mol. The minimum Gasteiger partial charge on any atom is -1.00 e. The van der Waals surface area contributed by atoms with Gasteiger partial charge in [0.1, 0.15) is 5.75 Å². The van der Waals surface area contributed by atoms with Gasteiger partial charge in [-0.2, -0.15) is 0 Å². The van der Waals surface area contributed by atoms with E-state index in [1.807, 2.05) is 0 Å². The maximum atomic E-state index is 11.0. The van der Waals surface area contributed by atoms with Crippen LogP contribution in [0.25, 0.3) is 0 Å². The summed E-state index contributed by atoms with van der Waals surface area (Å²) in [4.78, 5) is 11.5. The van der Waals surface area contributed by atoms with Gasteiger partial charge in [0.25, 0.3) is 0 Å². The van der Waals surface area contributed by atoms with Gasteiger partial charge in [0, 0.05) is 13.3 Å². The number of carbonyl (C=O) groups is 1. The molecule has 0 aromatic heterocycles. The van der Waals surface area contributed by atoms with E-state index in [1.165, 1.54) is 0 Å². The smallest absolute Gasteiger partial charge is 0.363 e. The monoisotopic (exact) mass is 494 g/mol. The van der Waals surface area contributed by atoms with E-state index < -0.39 is 12.0 Å². The fraction of sp³-hybridized carbons (Fsp3) is 0.273. The zero-order chi connectivity index (χ0) is 12.1. The number of halogens is 2. The van der Waals surface area contributed by atoms with Crippen LogP contribution in [-0.4, -0.2) is 27.2 Å². The van der Waals surface area contributed by atoms with Crippen LogP contribution in [0.3, 0.4) is 0 Å². The predicted octanol–water partition coefficient (Wildman–Crippen LogP) is -5.69. The molecule has 0 heterocycles. The molecule has 1 aromatic rings. The normalized spacial score (nSPS) is 10.7. The lowest BCUT2D eigenvalue weighted by Crippen LogP contribution is -3.00. The maximum absolute atomic E-state index is 11.0. The Labute approximate surface area is 145 Å². The minimum absolute atomic E-state index is 0. The van der Waals surface area contributed by atoms with E-state index in [0.717, 1.165) is 5.56 Å². The van der Waals surface area contributed by atoms with Crippen LogP contribution in [0.5, 0.6) is 5.75 Å². The van der Waals surface area contributed by atoms with Crippen LogP contribution in [0.2, 0.25) is 0 Å². The SMILES string of the molecule is CC(=S)[NH2+][C@@H](Cc1ccc(O)cc1)C(=O)O.[I-].[I-]. The fourth-order valence-electron chi connectivity index (χ4n) is 1.39. The number of hydrogen-bond donors (Lipinski definition) is 3. The van der Waals surface area contributed by atoms with Gasteiger partial charge in [0.15, 0.2) is 11.0 Å². The Hall–Kier alpha value is 0. The lowest BCUT2D eigenvalue weighted by atomic mass is 10.1. The zero-order valence-corrected chi connectivity index (χ0v) is 14.8. The average Bonchev–Trinajstić information content (AvgIpc) is 2.19. The van der Waals surface area contributed by atoms with Crippen molar-refractivity contribution in [3.63, 3.8) is 0 Å². The van der Waals surface area contributed by atoms with Crippen molar-refractivity contribution in [3.8, 4) is 5.75 Å². The third-order valence-electron chi connectivity index (χ3n) is 2.15. The second-order valence-corrected chi connectivity index (χ2v) is 4.24. The van der Waals surface area contributed by atoms with Crippen LogP contribution >= 0.6 is 12.2 Å². The van der Waals surface area contributed by atoms with Crippen molar-refractivity contribution in [1.82, 2.24) is 0 Å². The Balaban J connectivity index is 0. The van der Waals surface area contributed by atoms with E-state index in [9.17, 15) is 4.79 Å². The van der Waals surface area contributed by atoms with Crippen molar-refractivity contribution in [3.05, 3.63) is 29.8 Å². The first-order chi connectivity index (χ1) is 7.49. The molecule has 0 fully saturated rings. The average molecular weight is 494 g/mol. The standard InChI is InChI=1S/C11H13NO3S.2HI/c1-7(16)12-10(11(14)15)6-8-2-4-9(13)5-3-8;;/h2-5,10,13H,6H2,1H3,(H,12,16)(H,14,15);2*1H/p-1/t10-;;/m0../s1. The summed E-state index contributed by atoms with van der Waals surface area (Å²) in [6, 6.07) is 5.88. The third-order valence-corrected chi connectivity index (χ3v) is 2.28. The first-order valence-electron chi connectivity index (χ1n) is 4.85. The summed E-state index contributed by atoms with van der Waals surface area (Å²) in [5.74, 6) is -0.720. The highest BCUT2D eigenvalue weighted by Crippen LogP contribution is 2.10. The van der Waals surface area contributed by atoms with Gasteiger partial charge in [-0.1, -0.05) is 12.1 Å². The molecule has 4 nitrogen and oxygen atoms in total. The van der Waals surface area contributed by atoms with Crippen molar-refractivity contribution < 1.29 is 68.3 Å². The molecule has 0 saturated carbocycles. The van der Waals surface area contributed by atoms with Gasteiger partial charge >= 0.3 is 5.97 Å². The molecule has 0 spiro atoms. The van der Waals surface area contributed by atoms with E-state index in [-0.39, 0.29) is 53.7 Å². The molecule has 102 valence electrons. The van der Waals surface area contributed by atoms with Crippen molar-refractivity contribution in [2.45, 2.75) is 19.4 Å². The van der Waals surface area contributed by atoms with Crippen molar-refractivity contribution in [2.24, 2.45) is 0 Å². The summed E-state index contributed by atoms with van der Waals surface area (Å²) in [7, 11) is 0. The number of thiocarbonyl (C=S) groups is 1. The molecule has 0 aliphatic heterocycles. The lowest BCUT2D eigenvalue weighted by molar-refractivity contribution is -0.565. The second-order valence-electron chi connectivity index (χ2n) is 3.59. The van der Waals surface area contributed by atoms with Gasteiger partial charge in [-0.3, -0.25) is 5.32 Å². The van der Waals surface area contributed by atoms with E-state index in [1.54, 1.807) is 36.5 Å². The maximum Gasteiger partial charge on any atom is 0.363 e. The van der Waals surface area contributed by atoms with Crippen molar-refractivity contribution in [1.29, 1.82) is 0 Å². The number of carboxylic acids is 1. The summed E-state index contributed by atoms with van der Waals surface area (Å²) in [5.41, 5.74) is 0.859. The number of aliphatic carboxylic acids is 1. The van der Waals surface area contributed by atoms with Gasteiger partial charge in [-0.25, -0.2) is 4.79 Å². The number of nitrogens with two attached hydrogens (primary N) is 1. The molecule has 0 aliphatic rings. The molecule has 0 radical (unpaired) electrons. The molecule has 1 atom stereocenters. The molecule has 7 heteroatoms. The number of phenolic OH excluding ortho intramolecular Hbond substituents is 1. The quantitative estimate of drug-likeness (QED) is 0.289. The van der Waals surface area contributed by atoms with Crippen LogP contribution in [0.1, 0.15) is 12.5 Å². The zero-order valence-electron chi connectivity index (χ0n) is 9.64. The number of phenols is 1. The van der Waals surface area contributed by atoms with E-state index >= 15 is 0 Å². The van der Waals surface area contributed by atoms with Gasteiger partial charge in [-0.15, -0.1) is 0 Å². The third kappa shape index (κ3) is 7.44. The predicted molar refractivity (Wildman–Crippen MR) is 63.4 cm³/mol. The number of aromatic hydroxyl groups is 1. The molecule has 0 saturated heterocycles. The summed E-state index contributed by atoms with van der Waals surface area (Å²) in [6.07, 6.45) is 0.379. The van der Waals surface area contributed by atoms with Crippen LogP contribution in [0.4, 0.5) is 0 Å².